The zero-order valence-electron chi connectivity index (χ0n) is 12.9. The number of nitrogens with one attached hydrogen (secondary N) is 1. The van der Waals surface area contributed by atoms with Crippen LogP contribution in [-0.2, 0) is 20.8 Å². The highest BCUT2D eigenvalue weighted by Gasteiger charge is 2.23. The highest BCUT2D eigenvalue weighted by Crippen LogP contribution is 2.18. The first-order chi connectivity index (χ1) is 10.0. The lowest BCUT2D eigenvalue weighted by Crippen LogP contribution is -2.30. The summed E-state index contributed by atoms with van der Waals surface area (Å²) in [7, 11) is 2.90. The number of hydrogen-bond donors (Lipinski definition) is 1. The second-order valence-corrected chi connectivity index (χ2v) is 4.82. The predicted molar refractivity (Wildman–Crippen MR) is 75.0 cm³/mol. The third kappa shape index (κ3) is 4.82. The van der Waals surface area contributed by atoms with Gasteiger partial charge in [-0.05, 0) is 12.3 Å². The number of carbonyl (C=O) groups excluding carboxylic acids is 2. The minimum atomic E-state index is -0.551. The van der Waals surface area contributed by atoms with E-state index in [1.807, 2.05) is 13.8 Å². The highest BCUT2D eigenvalue weighted by molar-refractivity contribution is 5.88. The molecule has 1 heterocycles. The normalized spacial score (nSPS) is 10.7. The summed E-state index contributed by atoms with van der Waals surface area (Å²) >= 11 is 0. The number of carbonyl (C=O) groups is 2. The number of methoxy groups -OCH3 is 2. The van der Waals surface area contributed by atoms with Gasteiger partial charge in [0, 0.05) is 20.3 Å². The molecule has 0 bridgehead atoms. The average Bonchev–Trinajstić information content (AvgIpc) is 2.86. The first-order valence-corrected chi connectivity index (χ1v) is 6.78. The Morgan fingerprint density at radius 3 is 2.62 bits per heavy atom. The minimum absolute atomic E-state index is 0.00427. The van der Waals surface area contributed by atoms with Crippen LogP contribution in [0.4, 0.5) is 0 Å². The number of esters is 1. The van der Waals surface area contributed by atoms with E-state index in [1.54, 1.807) is 7.11 Å². The Kier molecular flexibility index (Phi) is 6.80. The van der Waals surface area contributed by atoms with Crippen molar-refractivity contribution in [1.82, 2.24) is 20.3 Å². The Labute approximate surface area is 123 Å². The molecular formula is C13H22N4O4. The Bertz CT molecular complexity index is 485. The van der Waals surface area contributed by atoms with E-state index in [4.69, 9.17) is 4.74 Å². The van der Waals surface area contributed by atoms with Gasteiger partial charge in [0.05, 0.1) is 12.8 Å². The fourth-order valence-corrected chi connectivity index (χ4v) is 1.89. The van der Waals surface area contributed by atoms with Crippen LogP contribution in [0.25, 0.3) is 0 Å². The zero-order valence-corrected chi connectivity index (χ0v) is 12.9. The van der Waals surface area contributed by atoms with Gasteiger partial charge in [-0.25, -0.2) is 9.48 Å². The van der Waals surface area contributed by atoms with Gasteiger partial charge in [-0.1, -0.05) is 19.1 Å². The van der Waals surface area contributed by atoms with Gasteiger partial charge in [0.1, 0.15) is 6.54 Å². The summed E-state index contributed by atoms with van der Waals surface area (Å²) in [6.07, 6.45) is 0.740. The molecule has 0 unspecified atom stereocenters. The van der Waals surface area contributed by atoms with Crippen LogP contribution >= 0.6 is 0 Å². The van der Waals surface area contributed by atoms with Gasteiger partial charge >= 0.3 is 5.97 Å². The summed E-state index contributed by atoms with van der Waals surface area (Å²) in [5, 5.41) is 10.4. The molecule has 0 aliphatic carbocycles. The number of aromatic nitrogens is 3. The third-order valence-electron chi connectivity index (χ3n) is 2.84. The van der Waals surface area contributed by atoms with Gasteiger partial charge < -0.3 is 14.8 Å². The molecule has 8 nitrogen and oxygen atoms in total. The summed E-state index contributed by atoms with van der Waals surface area (Å²) in [4.78, 5) is 23.5. The summed E-state index contributed by atoms with van der Waals surface area (Å²) in [6.45, 7) is 4.94. The first-order valence-electron chi connectivity index (χ1n) is 6.78. The monoisotopic (exact) mass is 298 g/mol. The summed E-state index contributed by atoms with van der Waals surface area (Å²) in [6, 6.07) is 0. The molecule has 1 aromatic heterocycles. The van der Waals surface area contributed by atoms with E-state index in [-0.39, 0.29) is 24.1 Å². The van der Waals surface area contributed by atoms with E-state index in [9.17, 15) is 9.59 Å². The molecule has 1 rings (SSSR count). The molecule has 0 aliphatic heterocycles. The van der Waals surface area contributed by atoms with Crippen molar-refractivity contribution in [2.45, 2.75) is 32.7 Å². The Morgan fingerprint density at radius 1 is 1.33 bits per heavy atom. The van der Waals surface area contributed by atoms with E-state index in [0.717, 1.165) is 6.42 Å². The molecule has 21 heavy (non-hydrogen) atoms. The molecule has 0 saturated heterocycles. The van der Waals surface area contributed by atoms with Crippen molar-refractivity contribution >= 4 is 11.9 Å². The second-order valence-electron chi connectivity index (χ2n) is 4.82. The fourth-order valence-electron chi connectivity index (χ4n) is 1.89. The van der Waals surface area contributed by atoms with Crippen LogP contribution in [0.2, 0.25) is 0 Å². The van der Waals surface area contributed by atoms with E-state index in [0.29, 0.717) is 18.8 Å². The molecule has 8 heteroatoms. The minimum Gasteiger partial charge on any atom is -0.464 e. The Morgan fingerprint density at radius 2 is 2.05 bits per heavy atom. The number of amides is 1. The summed E-state index contributed by atoms with van der Waals surface area (Å²) in [5.41, 5.74) is 0.744. The lowest BCUT2D eigenvalue weighted by molar-refractivity contribution is -0.121. The van der Waals surface area contributed by atoms with Crippen molar-refractivity contribution in [2.24, 2.45) is 0 Å². The zero-order chi connectivity index (χ0) is 15.8. The molecule has 118 valence electrons. The van der Waals surface area contributed by atoms with Crippen LogP contribution in [0.1, 0.15) is 42.4 Å². The topological polar surface area (TPSA) is 95.3 Å². The number of nitrogens with zero attached hydrogens (tertiary/aromatic N) is 3. The highest BCUT2D eigenvalue weighted by atomic mass is 16.5. The quantitative estimate of drug-likeness (QED) is 0.549. The maximum absolute atomic E-state index is 11.8. The van der Waals surface area contributed by atoms with Crippen LogP contribution in [0, 0.1) is 0 Å². The fraction of sp³-hybridized carbons (Fsp3) is 0.692. The van der Waals surface area contributed by atoms with E-state index in [2.05, 4.69) is 20.4 Å². The predicted octanol–water partition coefficient (Wildman–Crippen LogP) is 0.341. The lowest BCUT2D eigenvalue weighted by Gasteiger charge is -2.10. The first kappa shape index (κ1) is 17.1. The van der Waals surface area contributed by atoms with Gasteiger partial charge in [0.25, 0.3) is 0 Å². The smallest absolute Gasteiger partial charge is 0.360 e. The van der Waals surface area contributed by atoms with Crippen LogP contribution in [0.3, 0.4) is 0 Å². The largest absolute Gasteiger partial charge is 0.464 e. The lowest BCUT2D eigenvalue weighted by atomic mass is 10.1. The van der Waals surface area contributed by atoms with E-state index >= 15 is 0 Å². The number of rotatable bonds is 8. The van der Waals surface area contributed by atoms with Gasteiger partial charge in [0.2, 0.25) is 5.91 Å². The van der Waals surface area contributed by atoms with Gasteiger partial charge in [-0.2, -0.15) is 0 Å². The Hall–Kier alpha value is -1.96. The molecule has 1 amide bonds. The maximum atomic E-state index is 11.8. The third-order valence-corrected chi connectivity index (χ3v) is 2.84. The molecule has 1 aromatic rings. The number of hydrogen-bond acceptors (Lipinski definition) is 6. The van der Waals surface area contributed by atoms with Crippen molar-refractivity contribution in [3.63, 3.8) is 0 Å². The molecule has 0 fully saturated rings. The van der Waals surface area contributed by atoms with Gasteiger partial charge in [-0.3, -0.25) is 4.79 Å². The molecular weight excluding hydrogens is 276 g/mol. The summed E-state index contributed by atoms with van der Waals surface area (Å²) < 4.78 is 11.0. The molecule has 0 aromatic carbocycles. The maximum Gasteiger partial charge on any atom is 0.360 e. The molecule has 1 N–H and O–H groups in total. The van der Waals surface area contributed by atoms with Gasteiger partial charge in [0.15, 0.2) is 5.69 Å². The van der Waals surface area contributed by atoms with Crippen molar-refractivity contribution in [3.8, 4) is 0 Å². The average molecular weight is 298 g/mol. The SMILES string of the molecule is COCCCNC(=O)Cn1nnc(C(=O)OC)c1C(C)C. The van der Waals surface area contributed by atoms with Crippen LogP contribution in [-0.4, -0.2) is 54.2 Å². The van der Waals surface area contributed by atoms with Crippen molar-refractivity contribution in [1.29, 1.82) is 0 Å². The molecule has 0 radical (unpaired) electrons. The molecule has 0 spiro atoms. The van der Waals surface area contributed by atoms with Crippen molar-refractivity contribution in [2.75, 3.05) is 27.4 Å². The molecule has 0 atom stereocenters. The second kappa shape index (κ2) is 8.35. The Balaban J connectivity index is 2.72. The van der Waals surface area contributed by atoms with E-state index < -0.39 is 5.97 Å². The van der Waals surface area contributed by atoms with Crippen molar-refractivity contribution in [3.05, 3.63) is 11.4 Å². The molecule has 0 saturated carbocycles. The van der Waals surface area contributed by atoms with Crippen LogP contribution < -0.4 is 5.32 Å². The van der Waals surface area contributed by atoms with Crippen molar-refractivity contribution < 1.29 is 19.1 Å². The standard InChI is InChI=1S/C13H22N4O4/c1-9(2)12-11(13(19)21-4)15-16-17(12)8-10(18)14-6-5-7-20-3/h9H,5-8H2,1-4H3,(H,14,18). The van der Waals surface area contributed by atoms with E-state index in [1.165, 1.54) is 11.8 Å². The molecule has 0 aliphatic rings. The van der Waals surface area contributed by atoms with Crippen LogP contribution in [0.5, 0.6) is 0 Å². The van der Waals surface area contributed by atoms with Crippen LogP contribution in [0.15, 0.2) is 0 Å². The number of ether oxygens (including phenoxy) is 2. The summed E-state index contributed by atoms with van der Waals surface area (Å²) in [5.74, 6) is -0.741. The van der Waals surface area contributed by atoms with Gasteiger partial charge in [-0.15, -0.1) is 5.10 Å².